The predicted octanol–water partition coefficient (Wildman–Crippen LogP) is 2.15. The highest BCUT2D eigenvalue weighted by atomic mass is 16.7. The lowest BCUT2D eigenvalue weighted by atomic mass is 9.95. The number of rotatable bonds is 4. The summed E-state index contributed by atoms with van der Waals surface area (Å²) in [5.74, 6) is 1.61. The van der Waals surface area contributed by atoms with E-state index in [-0.39, 0.29) is 17.5 Å². The molecule has 1 heterocycles. The molecule has 0 spiro atoms. The van der Waals surface area contributed by atoms with E-state index in [1.54, 1.807) is 0 Å². The highest BCUT2D eigenvalue weighted by molar-refractivity contribution is 5.74. The summed E-state index contributed by atoms with van der Waals surface area (Å²) in [6, 6.07) is 6.11. The first kappa shape index (κ1) is 13.1. The fraction of sp³-hybridized carbons (Fsp3) is 0.533. The monoisotopic (exact) mass is 276 g/mol. The summed E-state index contributed by atoms with van der Waals surface area (Å²) >= 11 is 0. The first-order valence-corrected chi connectivity index (χ1v) is 7.04. The lowest BCUT2D eigenvalue weighted by molar-refractivity contribution is 0.174. The third-order valence-corrected chi connectivity index (χ3v) is 3.85. The minimum Gasteiger partial charge on any atom is -0.454 e. The van der Waals surface area contributed by atoms with Crippen molar-refractivity contribution in [1.82, 2.24) is 10.6 Å². The van der Waals surface area contributed by atoms with E-state index >= 15 is 0 Å². The Bertz CT molecular complexity index is 524. The molecule has 0 atom stereocenters. The first-order valence-electron chi connectivity index (χ1n) is 7.04. The molecule has 2 aliphatic rings. The molecule has 5 heteroatoms. The van der Waals surface area contributed by atoms with E-state index in [0.29, 0.717) is 13.3 Å². The van der Waals surface area contributed by atoms with Crippen molar-refractivity contribution in [1.29, 1.82) is 0 Å². The fourth-order valence-electron chi connectivity index (χ4n) is 2.51. The van der Waals surface area contributed by atoms with Gasteiger partial charge in [-0.25, -0.2) is 4.79 Å². The minimum absolute atomic E-state index is 0.0648. The van der Waals surface area contributed by atoms with Gasteiger partial charge in [-0.05, 0) is 44.4 Å². The van der Waals surface area contributed by atoms with Crippen LogP contribution in [-0.4, -0.2) is 25.4 Å². The third kappa shape index (κ3) is 2.53. The van der Waals surface area contributed by atoms with Crippen molar-refractivity contribution in [2.75, 3.05) is 13.3 Å². The fourth-order valence-corrected chi connectivity index (χ4v) is 2.51. The van der Waals surface area contributed by atoms with Crippen LogP contribution in [0.5, 0.6) is 11.5 Å². The standard InChI is InChI=1S/C15H20N2O3/c1-10(2)17-14(18)16-8-15(5-6-15)11-3-4-12-13(7-11)20-9-19-12/h3-4,7,10H,5-6,8-9H2,1-2H3,(H2,16,17,18). The van der Waals surface area contributed by atoms with Crippen LogP contribution in [0, 0.1) is 0 Å². The Hall–Kier alpha value is -1.91. The third-order valence-electron chi connectivity index (χ3n) is 3.85. The average molecular weight is 276 g/mol. The van der Waals surface area contributed by atoms with Gasteiger partial charge < -0.3 is 20.1 Å². The molecule has 1 aliphatic heterocycles. The molecule has 0 saturated heterocycles. The second kappa shape index (κ2) is 4.89. The summed E-state index contributed by atoms with van der Waals surface area (Å²) in [4.78, 5) is 11.7. The van der Waals surface area contributed by atoms with Crippen LogP contribution >= 0.6 is 0 Å². The molecule has 20 heavy (non-hydrogen) atoms. The number of hydrogen-bond acceptors (Lipinski definition) is 3. The molecule has 0 aromatic heterocycles. The quantitative estimate of drug-likeness (QED) is 0.886. The van der Waals surface area contributed by atoms with Gasteiger partial charge >= 0.3 is 6.03 Å². The van der Waals surface area contributed by atoms with Crippen molar-refractivity contribution in [3.63, 3.8) is 0 Å². The van der Waals surface area contributed by atoms with Crippen LogP contribution < -0.4 is 20.1 Å². The number of fused-ring (bicyclic) bond motifs is 1. The molecule has 108 valence electrons. The number of hydrogen-bond donors (Lipinski definition) is 2. The second-order valence-electron chi connectivity index (χ2n) is 5.83. The summed E-state index contributed by atoms with van der Waals surface area (Å²) in [7, 11) is 0. The highest BCUT2D eigenvalue weighted by Crippen LogP contribution is 2.49. The summed E-state index contributed by atoms with van der Waals surface area (Å²) in [6.07, 6.45) is 2.18. The minimum atomic E-state index is -0.105. The molecule has 1 fully saturated rings. The van der Waals surface area contributed by atoms with Gasteiger partial charge in [-0.2, -0.15) is 0 Å². The van der Waals surface area contributed by atoms with E-state index in [1.165, 1.54) is 5.56 Å². The van der Waals surface area contributed by atoms with Gasteiger partial charge in [0.1, 0.15) is 0 Å². The Labute approximate surface area is 118 Å². The van der Waals surface area contributed by atoms with Gasteiger partial charge in [0.15, 0.2) is 11.5 Å². The van der Waals surface area contributed by atoms with Crippen molar-refractivity contribution in [3.8, 4) is 11.5 Å². The number of ether oxygens (including phenoxy) is 2. The lowest BCUT2D eigenvalue weighted by Crippen LogP contribution is -2.42. The summed E-state index contributed by atoms with van der Waals surface area (Å²) < 4.78 is 10.7. The van der Waals surface area contributed by atoms with Crippen LogP contribution in [0.15, 0.2) is 18.2 Å². The van der Waals surface area contributed by atoms with Gasteiger partial charge in [0, 0.05) is 18.0 Å². The van der Waals surface area contributed by atoms with Crippen molar-refractivity contribution in [2.45, 2.75) is 38.1 Å². The molecule has 1 aliphatic carbocycles. The van der Waals surface area contributed by atoms with E-state index in [4.69, 9.17) is 9.47 Å². The number of urea groups is 1. The maximum Gasteiger partial charge on any atom is 0.315 e. The Morgan fingerprint density at radius 1 is 1.30 bits per heavy atom. The zero-order valence-electron chi connectivity index (χ0n) is 11.9. The van der Waals surface area contributed by atoms with Crippen LogP contribution in [0.4, 0.5) is 4.79 Å². The van der Waals surface area contributed by atoms with Crippen molar-refractivity contribution >= 4 is 6.03 Å². The Balaban J connectivity index is 1.65. The molecular weight excluding hydrogens is 256 g/mol. The smallest absolute Gasteiger partial charge is 0.315 e. The zero-order chi connectivity index (χ0) is 14.2. The summed E-state index contributed by atoms with van der Waals surface area (Å²) in [5.41, 5.74) is 1.28. The van der Waals surface area contributed by atoms with Crippen molar-refractivity contribution < 1.29 is 14.3 Å². The zero-order valence-corrected chi connectivity index (χ0v) is 11.9. The molecule has 1 aromatic carbocycles. The van der Waals surface area contributed by atoms with Crippen LogP contribution in [0.2, 0.25) is 0 Å². The van der Waals surface area contributed by atoms with Crippen LogP contribution in [0.1, 0.15) is 32.3 Å². The van der Waals surface area contributed by atoms with Gasteiger partial charge in [0.2, 0.25) is 6.79 Å². The van der Waals surface area contributed by atoms with Crippen LogP contribution in [0.3, 0.4) is 0 Å². The molecule has 3 rings (SSSR count). The first-order chi connectivity index (χ1) is 9.59. The number of carbonyl (C=O) groups excluding carboxylic acids is 1. The molecule has 1 aromatic rings. The molecule has 2 amide bonds. The van der Waals surface area contributed by atoms with E-state index in [0.717, 1.165) is 24.3 Å². The maximum atomic E-state index is 11.7. The largest absolute Gasteiger partial charge is 0.454 e. The molecule has 5 nitrogen and oxygen atoms in total. The number of carbonyl (C=O) groups is 1. The molecule has 0 unspecified atom stereocenters. The van der Waals surface area contributed by atoms with Crippen LogP contribution in [0.25, 0.3) is 0 Å². The molecule has 2 N–H and O–H groups in total. The van der Waals surface area contributed by atoms with Gasteiger partial charge in [-0.3, -0.25) is 0 Å². The maximum absolute atomic E-state index is 11.7. The molecule has 1 saturated carbocycles. The molecule has 0 radical (unpaired) electrons. The average Bonchev–Trinajstić information content (AvgIpc) is 3.05. The highest BCUT2D eigenvalue weighted by Gasteiger charge is 2.45. The normalized spacial score (nSPS) is 17.9. The Kier molecular flexibility index (Phi) is 3.20. The second-order valence-corrected chi connectivity index (χ2v) is 5.83. The number of amides is 2. The summed E-state index contributed by atoms with van der Waals surface area (Å²) in [6.45, 7) is 4.85. The van der Waals surface area contributed by atoms with Gasteiger partial charge in [-0.1, -0.05) is 6.07 Å². The predicted molar refractivity (Wildman–Crippen MR) is 75.1 cm³/mol. The number of benzene rings is 1. The van der Waals surface area contributed by atoms with Crippen molar-refractivity contribution in [2.24, 2.45) is 0 Å². The van der Waals surface area contributed by atoms with E-state index < -0.39 is 0 Å². The number of nitrogens with one attached hydrogen (secondary N) is 2. The SMILES string of the molecule is CC(C)NC(=O)NCC1(c2ccc3c(c2)OCO3)CC1. The van der Waals surface area contributed by atoms with Crippen LogP contribution in [-0.2, 0) is 5.41 Å². The Morgan fingerprint density at radius 3 is 2.75 bits per heavy atom. The lowest BCUT2D eigenvalue weighted by Gasteiger charge is -2.18. The van der Waals surface area contributed by atoms with E-state index in [2.05, 4.69) is 16.7 Å². The van der Waals surface area contributed by atoms with E-state index in [1.807, 2.05) is 26.0 Å². The topological polar surface area (TPSA) is 59.6 Å². The Morgan fingerprint density at radius 2 is 2.05 bits per heavy atom. The molecule has 0 bridgehead atoms. The van der Waals surface area contributed by atoms with Gasteiger partial charge in [-0.15, -0.1) is 0 Å². The van der Waals surface area contributed by atoms with Gasteiger partial charge in [0.05, 0.1) is 0 Å². The molecular formula is C15H20N2O3. The van der Waals surface area contributed by atoms with E-state index in [9.17, 15) is 4.79 Å². The summed E-state index contributed by atoms with van der Waals surface area (Å²) in [5, 5.41) is 5.80. The van der Waals surface area contributed by atoms with Gasteiger partial charge in [0.25, 0.3) is 0 Å². The van der Waals surface area contributed by atoms with Crippen molar-refractivity contribution in [3.05, 3.63) is 23.8 Å².